The van der Waals surface area contributed by atoms with Crippen LogP contribution in [0.2, 0.25) is 0 Å². The minimum absolute atomic E-state index is 0.0557. The fourth-order valence-electron chi connectivity index (χ4n) is 5.33. The molecule has 0 radical (unpaired) electrons. The molecule has 38 heavy (non-hydrogen) atoms. The maximum atomic E-state index is 14.0. The number of ether oxygens (including phenoxy) is 3. The van der Waals surface area contributed by atoms with E-state index in [1.165, 1.54) is 22.5 Å². The van der Waals surface area contributed by atoms with Gasteiger partial charge in [-0.05, 0) is 72.4 Å². The van der Waals surface area contributed by atoms with Gasteiger partial charge in [0.25, 0.3) is 5.56 Å². The lowest BCUT2D eigenvalue weighted by atomic mass is 9.83. The number of hydrogen-bond donors (Lipinski definition) is 0. The van der Waals surface area contributed by atoms with Crippen molar-refractivity contribution >= 4 is 23.1 Å². The molecule has 6 rings (SSSR count). The Morgan fingerprint density at radius 1 is 1.00 bits per heavy atom. The second kappa shape index (κ2) is 9.99. The summed E-state index contributed by atoms with van der Waals surface area (Å²) in [5.41, 5.74) is 6.41. The van der Waals surface area contributed by atoms with E-state index in [0.717, 1.165) is 41.0 Å². The van der Waals surface area contributed by atoms with Crippen molar-refractivity contribution in [3.05, 3.63) is 114 Å². The Balaban J connectivity index is 1.56. The summed E-state index contributed by atoms with van der Waals surface area (Å²) in [6.45, 7) is 2.48. The van der Waals surface area contributed by atoms with E-state index < -0.39 is 0 Å². The van der Waals surface area contributed by atoms with Crippen molar-refractivity contribution in [2.24, 2.45) is 4.99 Å². The molecule has 0 saturated carbocycles. The predicted octanol–water partition coefficient (Wildman–Crippen LogP) is 4.73. The molecule has 0 amide bonds. The molecular formula is C31H28N2O4S. The first-order chi connectivity index (χ1) is 18.6. The van der Waals surface area contributed by atoms with Gasteiger partial charge in [-0.2, -0.15) is 0 Å². The Kier molecular flexibility index (Phi) is 6.37. The third-order valence-corrected chi connectivity index (χ3v) is 8.05. The average molecular weight is 525 g/mol. The summed E-state index contributed by atoms with van der Waals surface area (Å²) >= 11 is 1.41. The first kappa shape index (κ1) is 24.2. The van der Waals surface area contributed by atoms with E-state index >= 15 is 0 Å². The van der Waals surface area contributed by atoms with Crippen LogP contribution in [0.3, 0.4) is 0 Å². The molecule has 0 saturated heterocycles. The molecular weight excluding hydrogens is 496 g/mol. The SMILES string of the molecule is CCOc1ccc(/C=c2/sc3n(c2=O)C(c2cccc(OC)c2)C2=C(N=3)c3ccccc3CC2)cc1OC. The predicted molar refractivity (Wildman–Crippen MR) is 150 cm³/mol. The third-order valence-electron chi connectivity index (χ3n) is 7.07. The van der Waals surface area contributed by atoms with Crippen molar-refractivity contribution in [3.8, 4) is 17.2 Å². The Labute approximate surface area is 224 Å². The molecule has 1 aromatic heterocycles. The van der Waals surface area contributed by atoms with E-state index in [1.54, 1.807) is 14.2 Å². The third kappa shape index (κ3) is 4.13. The Morgan fingerprint density at radius 3 is 2.68 bits per heavy atom. The van der Waals surface area contributed by atoms with Crippen LogP contribution in [0.5, 0.6) is 17.2 Å². The molecule has 1 unspecified atom stereocenters. The lowest BCUT2D eigenvalue weighted by molar-refractivity contribution is 0.311. The highest BCUT2D eigenvalue weighted by atomic mass is 32.1. The van der Waals surface area contributed by atoms with E-state index in [2.05, 4.69) is 30.3 Å². The fourth-order valence-corrected chi connectivity index (χ4v) is 6.34. The summed E-state index contributed by atoms with van der Waals surface area (Å²) in [5.74, 6) is 2.08. The maximum absolute atomic E-state index is 14.0. The van der Waals surface area contributed by atoms with Crippen molar-refractivity contribution in [3.63, 3.8) is 0 Å². The minimum Gasteiger partial charge on any atom is -0.497 e. The highest BCUT2D eigenvalue weighted by Crippen LogP contribution is 2.41. The Hall–Kier alpha value is -4.10. The van der Waals surface area contributed by atoms with E-state index in [4.69, 9.17) is 19.2 Å². The van der Waals surface area contributed by atoms with Crippen LogP contribution in [0, 0.1) is 0 Å². The molecule has 7 heteroatoms. The highest BCUT2D eigenvalue weighted by Gasteiger charge is 2.32. The summed E-state index contributed by atoms with van der Waals surface area (Å²) in [5, 5.41) is 0. The highest BCUT2D eigenvalue weighted by molar-refractivity contribution is 7.07. The van der Waals surface area contributed by atoms with Gasteiger partial charge < -0.3 is 14.2 Å². The van der Waals surface area contributed by atoms with Gasteiger partial charge in [-0.1, -0.05) is 53.8 Å². The molecule has 2 heterocycles. The zero-order valence-corrected chi connectivity index (χ0v) is 22.4. The molecule has 0 N–H and O–H groups in total. The normalized spacial score (nSPS) is 16.3. The largest absolute Gasteiger partial charge is 0.497 e. The van der Waals surface area contributed by atoms with Gasteiger partial charge in [-0.15, -0.1) is 0 Å². The van der Waals surface area contributed by atoms with Gasteiger partial charge in [-0.3, -0.25) is 9.36 Å². The van der Waals surface area contributed by atoms with Crippen LogP contribution < -0.4 is 29.1 Å². The quantitative estimate of drug-likeness (QED) is 0.366. The van der Waals surface area contributed by atoms with Crippen LogP contribution in [0.15, 0.2) is 82.1 Å². The van der Waals surface area contributed by atoms with Crippen LogP contribution in [0.4, 0.5) is 0 Å². The molecule has 0 bridgehead atoms. The molecule has 0 fully saturated rings. The molecule has 192 valence electrons. The van der Waals surface area contributed by atoms with Crippen LogP contribution in [0.1, 0.15) is 41.6 Å². The van der Waals surface area contributed by atoms with Crippen LogP contribution in [-0.4, -0.2) is 25.4 Å². The number of methoxy groups -OCH3 is 2. The van der Waals surface area contributed by atoms with Crippen molar-refractivity contribution in [1.82, 2.24) is 4.57 Å². The monoisotopic (exact) mass is 524 g/mol. The van der Waals surface area contributed by atoms with Gasteiger partial charge in [0.1, 0.15) is 5.75 Å². The lowest BCUT2D eigenvalue weighted by Gasteiger charge is -2.31. The number of rotatable bonds is 6. The topological polar surface area (TPSA) is 62.0 Å². The summed E-state index contributed by atoms with van der Waals surface area (Å²) in [7, 11) is 3.28. The maximum Gasteiger partial charge on any atom is 0.271 e. The number of fused-ring (bicyclic) bond motifs is 3. The number of nitrogens with zero attached hydrogens (tertiary/aromatic N) is 2. The average Bonchev–Trinajstić information content (AvgIpc) is 3.26. The Bertz CT molecular complexity index is 1750. The van der Waals surface area contributed by atoms with Gasteiger partial charge >= 0.3 is 0 Å². The number of aryl methyl sites for hydroxylation is 1. The smallest absolute Gasteiger partial charge is 0.271 e. The van der Waals surface area contributed by atoms with E-state index in [-0.39, 0.29) is 11.6 Å². The van der Waals surface area contributed by atoms with Gasteiger partial charge in [0, 0.05) is 5.56 Å². The second-order valence-electron chi connectivity index (χ2n) is 9.23. The summed E-state index contributed by atoms with van der Waals surface area (Å²) in [6, 6.07) is 21.9. The molecule has 3 aromatic carbocycles. The van der Waals surface area contributed by atoms with E-state index in [9.17, 15) is 4.79 Å². The Morgan fingerprint density at radius 2 is 1.87 bits per heavy atom. The first-order valence-corrected chi connectivity index (χ1v) is 13.5. The van der Waals surface area contributed by atoms with Crippen LogP contribution in [-0.2, 0) is 6.42 Å². The molecule has 1 aliphatic heterocycles. The van der Waals surface area contributed by atoms with Crippen molar-refractivity contribution in [2.45, 2.75) is 25.8 Å². The summed E-state index contributed by atoms with van der Waals surface area (Å²) in [4.78, 5) is 19.8. The lowest BCUT2D eigenvalue weighted by Crippen LogP contribution is -2.38. The summed E-state index contributed by atoms with van der Waals surface area (Å²) < 4.78 is 19.2. The molecule has 1 atom stereocenters. The van der Waals surface area contributed by atoms with Crippen molar-refractivity contribution in [1.29, 1.82) is 0 Å². The number of aromatic nitrogens is 1. The van der Waals surface area contributed by atoms with Crippen LogP contribution >= 0.6 is 11.3 Å². The molecule has 2 aliphatic rings. The minimum atomic E-state index is -0.248. The van der Waals surface area contributed by atoms with Crippen LogP contribution in [0.25, 0.3) is 11.8 Å². The van der Waals surface area contributed by atoms with Gasteiger partial charge in [-0.25, -0.2) is 4.99 Å². The zero-order valence-electron chi connectivity index (χ0n) is 21.6. The van der Waals surface area contributed by atoms with Gasteiger partial charge in [0.05, 0.1) is 37.1 Å². The number of allylic oxidation sites excluding steroid dienone is 1. The second-order valence-corrected chi connectivity index (χ2v) is 10.2. The molecule has 4 aromatic rings. The van der Waals surface area contributed by atoms with Gasteiger partial charge in [0.2, 0.25) is 0 Å². The zero-order chi connectivity index (χ0) is 26.2. The molecule has 6 nitrogen and oxygen atoms in total. The first-order valence-electron chi connectivity index (χ1n) is 12.7. The molecule has 0 spiro atoms. The van der Waals surface area contributed by atoms with E-state index in [0.29, 0.717) is 27.4 Å². The summed E-state index contributed by atoms with van der Waals surface area (Å²) in [6.07, 6.45) is 3.67. The number of benzene rings is 3. The fraction of sp³-hybridized carbons (Fsp3) is 0.226. The standard InChI is InChI=1S/C31H28N2O4S/c1-4-37-25-15-12-19(16-26(25)36-3)17-27-30(34)33-29(21-9-7-10-22(18-21)35-2)24-14-13-20-8-5-6-11-23(20)28(24)32-31(33)38-27/h5-12,15-18,29H,4,13-14H2,1-3H3/b27-17+. The van der Waals surface area contributed by atoms with Crippen molar-refractivity contribution < 1.29 is 14.2 Å². The van der Waals surface area contributed by atoms with Gasteiger partial charge in [0.15, 0.2) is 16.3 Å². The molecule has 1 aliphatic carbocycles. The van der Waals surface area contributed by atoms with E-state index in [1.807, 2.05) is 54.0 Å². The number of thiazole rings is 1. The van der Waals surface area contributed by atoms with Crippen molar-refractivity contribution in [2.75, 3.05) is 20.8 Å². The number of hydrogen-bond acceptors (Lipinski definition) is 6.